The number of nitrogens with two attached hydrogens (primary N) is 1. The van der Waals surface area contributed by atoms with Gasteiger partial charge >= 0.3 is 59.7 Å². The third-order valence-electron chi connectivity index (χ3n) is 13.8. The molecule has 2 aromatic carbocycles. The maximum atomic E-state index is 13.4. The standard InChI is InChI=1S/C55H79N13O22S2/c56-41(69)21-58-52(90)40(3-1-2-14-57-53(91)59-36-8-4-34(5-9-36)19-38(67(30-48(82)83)31-49(84)85)22-63(24-42(70)71)15-17-65(26-44(74)75)27-45(76)77)61-55(12-13-55)62-54(92)60-37-10-6-35(7-11-37)20-39(68(32-50(86)87)33-51(88)89)23-64(25-43(72)73)16-18-66(28-46(78)79)29-47(80)81/h4-11,38-40,61H,1-3,12-33H2,(H2,56,69)(H,58,90)(H,70,71)(H,72,73)(H,74,75)(H,76,77)(H,78,79)(H,80,81)(H,82,83)(H,84,85)(H,86,87)(H,88,89)(H2,57,59,91)(H2,60,62,92)/t38-,39-,40?/m0/s1. The maximum Gasteiger partial charge on any atom is 0.317 e. The van der Waals surface area contributed by atoms with Gasteiger partial charge in [0.2, 0.25) is 11.8 Å². The second-order valence-electron chi connectivity index (χ2n) is 21.7. The Bertz CT molecular complexity index is 2840. The van der Waals surface area contributed by atoms with Crippen molar-refractivity contribution in [1.29, 1.82) is 0 Å². The minimum Gasteiger partial charge on any atom is -0.480 e. The normalized spacial score (nSPS) is 13.4. The topological polar surface area (TPSA) is 525 Å². The number of carbonyl (C=O) groups is 12. The molecule has 0 spiro atoms. The molecule has 0 aromatic heterocycles. The first-order chi connectivity index (χ1) is 43.3. The van der Waals surface area contributed by atoms with Gasteiger partial charge in [0.05, 0.1) is 83.7 Å². The summed E-state index contributed by atoms with van der Waals surface area (Å²) in [6.07, 6.45) is 2.33. The van der Waals surface area contributed by atoms with E-state index in [1.165, 1.54) is 9.80 Å². The first kappa shape index (κ1) is 77.4. The molecule has 1 saturated carbocycles. The summed E-state index contributed by atoms with van der Waals surface area (Å²) in [5.41, 5.74) is 6.62. The summed E-state index contributed by atoms with van der Waals surface area (Å²) in [6.45, 7) is -8.07. The SMILES string of the molecule is NC(=O)CNC(=O)C(CCCCNC(=S)Nc1ccc(C[C@@H](CN(CCN(CC(=O)O)CC(=O)O)CC(=O)O)N(CC(=O)O)CC(=O)O)cc1)NC1(NC(=S)Nc2ccc(C[C@@H](CN(CCN(CC(=O)O)CC(=O)O)CC(=O)O)N(CC(=O)O)CC(=O)O)cc2)CC1. The monoisotopic (exact) mass is 1340 g/mol. The van der Waals surface area contributed by atoms with Crippen LogP contribution in [0.1, 0.15) is 43.2 Å². The minimum absolute atomic E-state index is 0.00357. The molecule has 92 heavy (non-hydrogen) atoms. The highest BCUT2D eigenvalue weighted by Gasteiger charge is 2.46. The number of unbranched alkanes of at least 4 members (excludes halogenated alkanes) is 1. The number of hydrogen-bond acceptors (Lipinski definition) is 21. The number of anilines is 2. The highest BCUT2D eigenvalue weighted by molar-refractivity contribution is 7.80. The van der Waals surface area contributed by atoms with Crippen LogP contribution in [0, 0.1) is 0 Å². The van der Waals surface area contributed by atoms with E-state index in [2.05, 4.69) is 31.9 Å². The maximum absolute atomic E-state index is 13.4. The number of carboxylic acids is 10. The summed E-state index contributed by atoms with van der Waals surface area (Å²) >= 11 is 11.2. The van der Waals surface area contributed by atoms with Crippen LogP contribution in [0.25, 0.3) is 0 Å². The number of carboxylic acid groups (broad SMARTS) is 10. The molecule has 2 amide bonds. The zero-order valence-electron chi connectivity index (χ0n) is 50.0. The fourth-order valence-corrected chi connectivity index (χ4v) is 10.2. The molecule has 3 atom stereocenters. The molecule has 2 aromatic rings. The molecule has 1 fully saturated rings. The van der Waals surface area contributed by atoms with Crippen molar-refractivity contribution in [2.75, 3.05) is 128 Å². The van der Waals surface area contributed by atoms with Crippen LogP contribution in [-0.2, 0) is 70.4 Å². The van der Waals surface area contributed by atoms with Crippen molar-refractivity contribution in [2.45, 2.75) is 68.7 Å². The van der Waals surface area contributed by atoms with Crippen LogP contribution in [0.2, 0.25) is 0 Å². The molecule has 0 aliphatic heterocycles. The van der Waals surface area contributed by atoms with E-state index in [0.717, 1.165) is 19.6 Å². The van der Waals surface area contributed by atoms with Gasteiger partial charge in [-0.05, 0) is 105 Å². The Morgan fingerprint density at radius 2 is 0.793 bits per heavy atom. The van der Waals surface area contributed by atoms with Crippen molar-refractivity contribution in [3.05, 3.63) is 59.7 Å². The Morgan fingerprint density at radius 3 is 1.13 bits per heavy atom. The fourth-order valence-electron chi connectivity index (χ4n) is 9.70. The van der Waals surface area contributed by atoms with Gasteiger partial charge in [0.15, 0.2) is 10.2 Å². The molecule has 508 valence electrons. The van der Waals surface area contributed by atoms with E-state index in [1.807, 2.05) is 0 Å². The molecule has 0 radical (unpaired) electrons. The number of aliphatic carboxylic acids is 10. The summed E-state index contributed by atoms with van der Waals surface area (Å²) in [4.78, 5) is 149. The Kier molecular flexibility index (Phi) is 33.2. The number of benzene rings is 2. The van der Waals surface area contributed by atoms with Crippen LogP contribution in [-0.4, -0.2) is 304 Å². The van der Waals surface area contributed by atoms with Crippen molar-refractivity contribution in [3.63, 3.8) is 0 Å². The number of rotatable bonds is 49. The van der Waals surface area contributed by atoms with E-state index in [0.29, 0.717) is 54.7 Å². The Hall–Kier alpha value is -8.82. The lowest BCUT2D eigenvalue weighted by molar-refractivity contribution is -0.145. The third kappa shape index (κ3) is 33.3. The summed E-state index contributed by atoms with van der Waals surface area (Å²) in [5, 5.41) is 114. The highest BCUT2D eigenvalue weighted by atomic mass is 32.1. The molecule has 35 nitrogen and oxygen atoms in total. The quantitative estimate of drug-likeness (QED) is 0.0175. The Balaban J connectivity index is 1.67. The summed E-state index contributed by atoms with van der Waals surface area (Å²) in [6, 6.07) is 10.5. The lowest BCUT2D eigenvalue weighted by Gasteiger charge is -2.34. The van der Waals surface area contributed by atoms with Gasteiger partial charge in [0.25, 0.3) is 0 Å². The molecule has 3 rings (SSSR count). The number of nitrogens with one attached hydrogen (secondary N) is 6. The number of hydrogen-bond donors (Lipinski definition) is 17. The zero-order valence-corrected chi connectivity index (χ0v) is 51.6. The smallest absolute Gasteiger partial charge is 0.317 e. The van der Waals surface area contributed by atoms with Gasteiger partial charge < -0.3 is 83.4 Å². The Morgan fingerprint density at radius 1 is 0.457 bits per heavy atom. The van der Waals surface area contributed by atoms with Crippen LogP contribution in [0.4, 0.5) is 11.4 Å². The number of amides is 2. The average Bonchev–Trinajstić information content (AvgIpc) is 1.72. The van der Waals surface area contributed by atoms with E-state index >= 15 is 0 Å². The molecule has 1 aliphatic rings. The molecule has 1 aliphatic carbocycles. The van der Waals surface area contributed by atoms with Crippen molar-refractivity contribution < 1.29 is 109 Å². The second kappa shape index (κ2) is 39.4. The molecule has 18 N–H and O–H groups in total. The van der Waals surface area contributed by atoms with E-state index in [-0.39, 0.29) is 68.8 Å². The number of thiocarbonyl (C=S) groups is 2. The van der Waals surface area contributed by atoms with Gasteiger partial charge in [-0.1, -0.05) is 24.3 Å². The summed E-state index contributed by atoms with van der Waals surface area (Å²) in [5.74, 6) is -14.6. The van der Waals surface area contributed by atoms with E-state index in [1.54, 1.807) is 48.5 Å². The predicted octanol–water partition coefficient (Wildman–Crippen LogP) is -3.34. The Labute approximate surface area is 537 Å². The largest absolute Gasteiger partial charge is 0.480 e. The first-order valence-electron chi connectivity index (χ1n) is 28.5. The first-order valence-corrected chi connectivity index (χ1v) is 29.3. The second-order valence-corrected chi connectivity index (χ2v) is 22.5. The molecular weight excluding hydrogens is 1260 g/mol. The molecule has 0 heterocycles. The molecule has 1 unspecified atom stereocenters. The van der Waals surface area contributed by atoms with E-state index in [9.17, 15) is 109 Å². The molecular formula is C55H79N13O22S2. The third-order valence-corrected chi connectivity index (χ3v) is 14.3. The number of carbonyl (C=O) groups excluding carboxylic acids is 2. The van der Waals surface area contributed by atoms with Crippen LogP contribution in [0.3, 0.4) is 0 Å². The van der Waals surface area contributed by atoms with Crippen molar-refractivity contribution in [3.8, 4) is 0 Å². The molecule has 0 bridgehead atoms. The van der Waals surface area contributed by atoms with Crippen LogP contribution in [0.15, 0.2) is 48.5 Å². The van der Waals surface area contributed by atoms with Gasteiger partial charge in [0.1, 0.15) is 0 Å². The van der Waals surface area contributed by atoms with Crippen LogP contribution in [0.5, 0.6) is 0 Å². The van der Waals surface area contributed by atoms with Gasteiger partial charge in [-0.25, -0.2) is 0 Å². The lowest BCUT2D eigenvalue weighted by Crippen LogP contribution is -2.57. The minimum atomic E-state index is -1.36. The van der Waals surface area contributed by atoms with Gasteiger partial charge in [-0.15, -0.1) is 0 Å². The van der Waals surface area contributed by atoms with Crippen LogP contribution >= 0.6 is 24.4 Å². The summed E-state index contributed by atoms with van der Waals surface area (Å²) < 4.78 is 0. The van der Waals surface area contributed by atoms with Crippen molar-refractivity contribution in [2.24, 2.45) is 5.73 Å². The highest BCUT2D eigenvalue weighted by Crippen LogP contribution is 2.33. The number of primary amides is 1. The number of nitrogens with zero attached hydrogens (tertiary/aromatic N) is 6. The van der Waals surface area contributed by atoms with Crippen LogP contribution < -0.4 is 37.6 Å². The molecule has 37 heteroatoms. The van der Waals surface area contributed by atoms with Gasteiger partial charge in [0, 0.05) is 69.3 Å². The van der Waals surface area contributed by atoms with Gasteiger partial charge in [-0.2, -0.15) is 0 Å². The average molecular weight is 1340 g/mol. The molecule has 0 saturated heterocycles. The lowest BCUT2D eigenvalue weighted by atomic mass is 10.0. The summed E-state index contributed by atoms with van der Waals surface area (Å²) in [7, 11) is 0. The van der Waals surface area contributed by atoms with Crippen molar-refractivity contribution >= 4 is 118 Å². The fraction of sp³-hybridized carbons (Fsp3) is 0.527. The van der Waals surface area contributed by atoms with E-state index in [4.69, 9.17) is 30.2 Å². The van der Waals surface area contributed by atoms with Crippen molar-refractivity contribution in [1.82, 2.24) is 50.7 Å². The zero-order chi connectivity index (χ0) is 68.7. The van der Waals surface area contributed by atoms with E-state index < -0.39 is 167 Å². The predicted molar refractivity (Wildman–Crippen MR) is 332 cm³/mol. The van der Waals surface area contributed by atoms with Gasteiger partial charge in [-0.3, -0.25) is 92.3 Å².